The van der Waals surface area contributed by atoms with Gasteiger partial charge in [0.2, 0.25) is 0 Å². The zero-order chi connectivity index (χ0) is 12.6. The second kappa shape index (κ2) is 11.7. The first-order valence-corrected chi connectivity index (χ1v) is 6.79. The van der Waals surface area contributed by atoms with E-state index in [-0.39, 0.29) is 23.1 Å². The number of halogens is 1. The Balaban J connectivity index is 0. The van der Waals surface area contributed by atoms with Crippen molar-refractivity contribution in [2.24, 2.45) is 0 Å². The standard InChI is InChI=1S/C7H7ClO.Mg.H4O5P2/c8-7(9)6-4-2-1-3-5-6;;1-6(2)5-7(3)4/h1-5,7,9H;;6-7H,(H,1,2)(H,3,4)/q;+2;/p-2. The molecule has 0 aliphatic heterocycles. The molecule has 0 radical (unpaired) electrons. The van der Waals surface area contributed by atoms with Crippen molar-refractivity contribution in [3.8, 4) is 0 Å². The van der Waals surface area contributed by atoms with Gasteiger partial charge in [-0.2, -0.15) is 0 Å². The van der Waals surface area contributed by atoms with E-state index in [1.807, 2.05) is 18.2 Å². The maximum Gasteiger partial charge on any atom is 2.00 e. The van der Waals surface area contributed by atoms with Gasteiger partial charge in [0, 0.05) is 0 Å². The van der Waals surface area contributed by atoms with Gasteiger partial charge in [0.25, 0.3) is 0 Å². The third-order valence-corrected chi connectivity index (χ3v) is 2.83. The third-order valence-electron chi connectivity index (χ3n) is 1.24. The van der Waals surface area contributed by atoms with Crippen LogP contribution in [0.25, 0.3) is 0 Å². The Morgan fingerprint density at radius 1 is 1.18 bits per heavy atom. The summed E-state index contributed by atoms with van der Waals surface area (Å²) >= 11 is 5.36. The van der Waals surface area contributed by atoms with Crippen molar-refractivity contribution in [1.82, 2.24) is 0 Å². The molecule has 1 aromatic rings. The van der Waals surface area contributed by atoms with Gasteiger partial charge < -0.3 is 24.0 Å². The molecular formula is C7H9ClMgO6P2. The van der Waals surface area contributed by atoms with Gasteiger partial charge in [0.1, 0.15) is 16.5 Å². The fourth-order valence-corrected chi connectivity index (χ4v) is 1.37. The maximum atomic E-state index is 9.29. The molecule has 0 spiro atoms. The molecule has 1 N–H and O–H groups in total. The molecule has 17 heavy (non-hydrogen) atoms. The van der Waals surface area contributed by atoms with Crippen LogP contribution >= 0.6 is 28.1 Å². The Kier molecular flexibility index (Phi) is 13.6. The van der Waals surface area contributed by atoms with Crippen LogP contribution in [-0.2, 0) is 13.4 Å². The van der Waals surface area contributed by atoms with Gasteiger partial charge in [0.05, 0.1) is 0 Å². The number of aliphatic hydroxyl groups excluding tert-OH is 1. The van der Waals surface area contributed by atoms with E-state index in [1.54, 1.807) is 12.1 Å². The molecule has 0 saturated carbocycles. The Hall–Kier alpha value is 0.576. The predicted octanol–water partition coefficient (Wildman–Crippen LogP) is 0.0385. The third kappa shape index (κ3) is 12.8. The molecule has 10 heteroatoms. The number of hydrogen-bond donors (Lipinski definition) is 1. The molecule has 0 amide bonds. The second-order valence-electron chi connectivity index (χ2n) is 2.35. The molecule has 0 aromatic heterocycles. The fourth-order valence-electron chi connectivity index (χ4n) is 0.680. The molecule has 0 aliphatic carbocycles. The van der Waals surface area contributed by atoms with Gasteiger partial charge in [-0.3, -0.25) is 4.31 Å². The zero-order valence-corrected chi connectivity index (χ0v) is 12.7. The smallest absolute Gasteiger partial charge is 0.781 e. The van der Waals surface area contributed by atoms with E-state index in [2.05, 4.69) is 4.31 Å². The van der Waals surface area contributed by atoms with Crippen LogP contribution in [0, 0.1) is 0 Å². The molecule has 0 aliphatic rings. The van der Waals surface area contributed by atoms with Crippen LogP contribution in [-0.4, -0.2) is 28.2 Å². The van der Waals surface area contributed by atoms with E-state index in [9.17, 15) is 18.9 Å². The molecule has 0 heterocycles. The van der Waals surface area contributed by atoms with Crippen molar-refractivity contribution in [2.45, 2.75) is 5.56 Å². The van der Waals surface area contributed by atoms with Crippen LogP contribution in [0.1, 0.15) is 11.1 Å². The molecule has 0 fully saturated rings. The minimum Gasteiger partial charge on any atom is -0.781 e. The second-order valence-corrected chi connectivity index (χ2v) is 4.58. The Morgan fingerprint density at radius 3 is 1.76 bits per heavy atom. The molecule has 3 unspecified atom stereocenters. The molecule has 92 valence electrons. The largest absolute Gasteiger partial charge is 2.00 e. The van der Waals surface area contributed by atoms with E-state index < -0.39 is 22.1 Å². The van der Waals surface area contributed by atoms with Crippen molar-refractivity contribution in [3.05, 3.63) is 35.9 Å². The van der Waals surface area contributed by atoms with Crippen LogP contribution in [0.2, 0.25) is 0 Å². The summed E-state index contributed by atoms with van der Waals surface area (Å²) in [5, 5.41) is 8.79. The molecule has 0 bridgehead atoms. The first-order valence-electron chi connectivity index (χ1n) is 3.90. The Labute approximate surface area is 121 Å². The van der Waals surface area contributed by atoms with E-state index in [0.717, 1.165) is 5.56 Å². The summed E-state index contributed by atoms with van der Waals surface area (Å²) in [6, 6.07) is 9.10. The monoisotopic (exact) mass is 310 g/mol. The molecule has 3 atom stereocenters. The van der Waals surface area contributed by atoms with E-state index in [0.29, 0.717) is 0 Å². The van der Waals surface area contributed by atoms with Crippen molar-refractivity contribution >= 4 is 51.2 Å². The molecular weight excluding hydrogens is 302 g/mol. The first kappa shape index (κ1) is 19.9. The molecule has 0 saturated heterocycles. The van der Waals surface area contributed by atoms with Crippen molar-refractivity contribution in [3.63, 3.8) is 0 Å². The maximum absolute atomic E-state index is 9.29. The van der Waals surface area contributed by atoms with Crippen LogP contribution in [0.3, 0.4) is 0 Å². The van der Waals surface area contributed by atoms with Crippen LogP contribution in [0.5, 0.6) is 0 Å². The number of hydrogen-bond acceptors (Lipinski definition) is 6. The summed E-state index contributed by atoms with van der Waals surface area (Å²) in [4.78, 5) is 18.6. The number of aliphatic hydroxyl groups is 1. The van der Waals surface area contributed by atoms with Crippen LogP contribution < -0.4 is 9.79 Å². The van der Waals surface area contributed by atoms with Crippen LogP contribution in [0.4, 0.5) is 0 Å². The number of alkyl halides is 1. The van der Waals surface area contributed by atoms with Gasteiger partial charge in [-0.05, 0) is 5.56 Å². The summed E-state index contributed by atoms with van der Waals surface area (Å²) < 4.78 is 21.8. The average molecular weight is 311 g/mol. The minimum absolute atomic E-state index is 0. The topological polar surface area (TPSA) is 110 Å². The van der Waals surface area contributed by atoms with E-state index >= 15 is 0 Å². The first-order chi connectivity index (χ1) is 7.43. The van der Waals surface area contributed by atoms with Crippen molar-refractivity contribution in [1.29, 1.82) is 0 Å². The van der Waals surface area contributed by atoms with Crippen molar-refractivity contribution in [2.75, 3.05) is 0 Å². The summed E-state index contributed by atoms with van der Waals surface area (Å²) in [5.41, 5.74) is -0.134. The summed E-state index contributed by atoms with van der Waals surface area (Å²) in [6.45, 7) is 0. The fraction of sp³-hybridized carbons (Fsp3) is 0.143. The van der Waals surface area contributed by atoms with E-state index in [1.165, 1.54) is 0 Å². The summed E-state index contributed by atoms with van der Waals surface area (Å²) in [5.74, 6) is 0. The quantitative estimate of drug-likeness (QED) is 0.479. The Morgan fingerprint density at radius 2 is 1.59 bits per heavy atom. The van der Waals surface area contributed by atoms with E-state index in [4.69, 9.17) is 16.7 Å². The van der Waals surface area contributed by atoms with Crippen molar-refractivity contribution < 1.29 is 28.3 Å². The van der Waals surface area contributed by atoms with Crippen LogP contribution in [0.15, 0.2) is 30.3 Å². The van der Waals surface area contributed by atoms with Gasteiger partial charge >= 0.3 is 23.1 Å². The SMILES string of the molecule is O=[PH]([O-])O[PH](=O)[O-].OC(Cl)c1ccccc1.[Mg+2]. The van der Waals surface area contributed by atoms with Gasteiger partial charge in [0.15, 0.2) is 5.56 Å². The predicted molar refractivity (Wildman–Crippen MR) is 62.1 cm³/mol. The number of rotatable bonds is 3. The molecule has 1 rings (SSSR count). The minimum atomic E-state index is -3.51. The van der Waals surface area contributed by atoms with Gasteiger partial charge in [-0.1, -0.05) is 41.9 Å². The van der Waals surface area contributed by atoms with Gasteiger partial charge in [-0.15, -0.1) is 0 Å². The molecule has 6 nitrogen and oxygen atoms in total. The summed E-state index contributed by atoms with van der Waals surface area (Å²) in [7, 11) is -7.03. The average Bonchev–Trinajstić information content (AvgIpc) is 2.17. The normalized spacial score (nSPS) is 14.6. The number of benzene rings is 1. The van der Waals surface area contributed by atoms with Gasteiger partial charge in [-0.25, -0.2) is 0 Å². The Bertz CT molecular complexity index is 337. The molecule has 1 aromatic carbocycles. The summed E-state index contributed by atoms with van der Waals surface area (Å²) in [6.07, 6.45) is 0. The zero-order valence-electron chi connectivity index (χ0n) is 8.54.